The number of nitrogens with zero attached hydrogens (tertiary/aromatic N) is 1. The summed E-state index contributed by atoms with van der Waals surface area (Å²) in [6, 6.07) is 3.71. The Labute approximate surface area is 144 Å². The summed E-state index contributed by atoms with van der Waals surface area (Å²) < 4.78 is 45.9. The van der Waals surface area contributed by atoms with Crippen LogP contribution in [0.5, 0.6) is 0 Å². The first-order valence-electron chi connectivity index (χ1n) is 8.09. The second kappa shape index (κ2) is 6.46. The van der Waals surface area contributed by atoms with Crippen LogP contribution >= 0.6 is 0 Å². The average molecular weight is 355 g/mol. The van der Waals surface area contributed by atoms with E-state index in [-0.39, 0.29) is 16.5 Å². The lowest BCUT2D eigenvalue weighted by Gasteiger charge is -2.43. The van der Waals surface area contributed by atoms with E-state index in [2.05, 4.69) is 0 Å². The van der Waals surface area contributed by atoms with Gasteiger partial charge in [-0.2, -0.15) is 13.2 Å². The Bertz CT molecular complexity index is 706. The summed E-state index contributed by atoms with van der Waals surface area (Å²) in [5.74, 6) is -0.622. The first-order valence-corrected chi connectivity index (χ1v) is 8.09. The van der Waals surface area contributed by atoms with Crippen LogP contribution in [0.25, 0.3) is 5.57 Å². The third kappa shape index (κ3) is 3.43. The molecule has 1 heterocycles. The van der Waals surface area contributed by atoms with Gasteiger partial charge in [-0.25, -0.2) is 5.06 Å². The standard InChI is InChI=1S/C18H20F3NO3/c1-22(24-2)16(23)12-3-4-14(15(9-12)18(19,20)21)13-10-17(11-13)5-7-25-8-6-17/h3-4,9-10H,5-8,11H2,1-2H3. The summed E-state index contributed by atoms with van der Waals surface area (Å²) in [5.41, 5.74) is -0.0204. The lowest BCUT2D eigenvalue weighted by atomic mass is 9.64. The van der Waals surface area contributed by atoms with Gasteiger partial charge in [0.15, 0.2) is 0 Å². The van der Waals surface area contributed by atoms with Crippen molar-refractivity contribution in [1.29, 1.82) is 0 Å². The minimum atomic E-state index is -4.53. The quantitative estimate of drug-likeness (QED) is 0.772. The fourth-order valence-electron chi connectivity index (χ4n) is 3.45. The molecule has 0 atom stereocenters. The SMILES string of the molecule is CON(C)C(=O)c1ccc(C2=CC3(CCOCC3)C2)c(C(F)(F)F)c1. The molecule has 0 aromatic heterocycles. The first kappa shape index (κ1) is 17.9. The highest BCUT2D eigenvalue weighted by atomic mass is 19.4. The number of alkyl halides is 3. The van der Waals surface area contributed by atoms with Gasteiger partial charge < -0.3 is 4.74 Å². The van der Waals surface area contributed by atoms with Crippen molar-refractivity contribution in [3.05, 3.63) is 41.0 Å². The molecule has 136 valence electrons. The molecule has 0 bridgehead atoms. The number of carbonyl (C=O) groups excluding carboxylic acids is 1. The zero-order valence-corrected chi connectivity index (χ0v) is 14.2. The van der Waals surface area contributed by atoms with Crippen molar-refractivity contribution in [2.45, 2.75) is 25.4 Å². The van der Waals surface area contributed by atoms with Gasteiger partial charge >= 0.3 is 6.18 Å². The minimum absolute atomic E-state index is 0.0266. The van der Waals surface area contributed by atoms with Crippen LogP contribution in [-0.4, -0.2) is 38.3 Å². The van der Waals surface area contributed by atoms with Crippen LogP contribution < -0.4 is 0 Å². The van der Waals surface area contributed by atoms with Crippen LogP contribution in [0.15, 0.2) is 24.3 Å². The molecule has 0 N–H and O–H groups in total. The number of allylic oxidation sites excluding steroid dienone is 2. The first-order chi connectivity index (χ1) is 11.8. The lowest BCUT2D eigenvalue weighted by Crippen LogP contribution is -2.34. The Balaban J connectivity index is 1.95. The van der Waals surface area contributed by atoms with E-state index < -0.39 is 17.6 Å². The molecule has 1 amide bonds. The lowest BCUT2D eigenvalue weighted by molar-refractivity contribution is -0.137. The van der Waals surface area contributed by atoms with E-state index >= 15 is 0 Å². The fourth-order valence-corrected chi connectivity index (χ4v) is 3.45. The summed E-state index contributed by atoms with van der Waals surface area (Å²) in [6.45, 7) is 1.29. The summed E-state index contributed by atoms with van der Waals surface area (Å²) in [7, 11) is 2.64. The van der Waals surface area contributed by atoms with Gasteiger partial charge in [0, 0.05) is 25.8 Å². The van der Waals surface area contributed by atoms with Crippen molar-refractivity contribution in [2.24, 2.45) is 5.41 Å². The molecule has 0 saturated carbocycles. The van der Waals surface area contributed by atoms with E-state index in [9.17, 15) is 18.0 Å². The molecule has 0 unspecified atom stereocenters. The molecule has 4 nitrogen and oxygen atoms in total. The molecule has 1 aliphatic carbocycles. The van der Waals surface area contributed by atoms with E-state index in [0.717, 1.165) is 24.0 Å². The predicted octanol–water partition coefficient (Wildman–Crippen LogP) is 3.92. The number of ether oxygens (including phenoxy) is 1. The predicted molar refractivity (Wildman–Crippen MR) is 85.6 cm³/mol. The van der Waals surface area contributed by atoms with Crippen molar-refractivity contribution in [2.75, 3.05) is 27.4 Å². The Kier molecular flexibility index (Phi) is 4.64. The van der Waals surface area contributed by atoms with Gasteiger partial charge in [0.1, 0.15) is 0 Å². The fraction of sp³-hybridized carbons (Fsp3) is 0.500. The largest absolute Gasteiger partial charge is 0.417 e. The number of amides is 1. The van der Waals surface area contributed by atoms with E-state index in [0.29, 0.717) is 25.2 Å². The van der Waals surface area contributed by atoms with Gasteiger partial charge in [0.05, 0.1) is 12.7 Å². The maximum atomic E-state index is 13.5. The number of carbonyl (C=O) groups is 1. The highest BCUT2D eigenvalue weighted by Crippen LogP contribution is 2.52. The van der Waals surface area contributed by atoms with Crippen molar-refractivity contribution in [1.82, 2.24) is 5.06 Å². The Hall–Kier alpha value is -1.86. The number of halogens is 3. The van der Waals surface area contributed by atoms with Crippen LogP contribution in [0.4, 0.5) is 13.2 Å². The maximum Gasteiger partial charge on any atom is 0.417 e. The van der Waals surface area contributed by atoms with Crippen LogP contribution in [0.1, 0.15) is 40.7 Å². The third-order valence-electron chi connectivity index (χ3n) is 4.99. The summed E-state index contributed by atoms with van der Waals surface area (Å²) >= 11 is 0. The van der Waals surface area contributed by atoms with E-state index in [1.165, 1.54) is 26.3 Å². The Morgan fingerprint density at radius 1 is 1.28 bits per heavy atom. The topological polar surface area (TPSA) is 38.8 Å². The monoisotopic (exact) mass is 355 g/mol. The van der Waals surface area contributed by atoms with Crippen molar-refractivity contribution >= 4 is 11.5 Å². The Morgan fingerprint density at radius 2 is 1.92 bits per heavy atom. The molecule has 25 heavy (non-hydrogen) atoms. The van der Waals surface area contributed by atoms with Crippen molar-refractivity contribution < 1.29 is 27.5 Å². The normalized spacial score (nSPS) is 19.3. The molecule has 1 aliphatic heterocycles. The second-order valence-corrected chi connectivity index (χ2v) is 6.56. The van der Waals surface area contributed by atoms with E-state index in [1.807, 2.05) is 6.08 Å². The molecular weight excluding hydrogens is 335 g/mol. The van der Waals surface area contributed by atoms with Crippen LogP contribution in [0.3, 0.4) is 0 Å². The molecule has 1 saturated heterocycles. The van der Waals surface area contributed by atoms with Crippen LogP contribution in [0.2, 0.25) is 0 Å². The molecular formula is C18H20F3NO3. The number of hydrogen-bond donors (Lipinski definition) is 0. The van der Waals surface area contributed by atoms with Gasteiger partial charge in [-0.1, -0.05) is 12.1 Å². The molecule has 3 rings (SSSR count). The molecule has 1 fully saturated rings. The molecule has 1 spiro atoms. The van der Waals surface area contributed by atoms with Crippen molar-refractivity contribution in [3.63, 3.8) is 0 Å². The van der Waals surface area contributed by atoms with Gasteiger partial charge in [-0.15, -0.1) is 0 Å². The summed E-state index contributed by atoms with van der Waals surface area (Å²) in [5, 5.41) is 0.898. The molecule has 1 aromatic rings. The van der Waals surface area contributed by atoms with Gasteiger partial charge in [0.2, 0.25) is 0 Å². The number of benzene rings is 1. The van der Waals surface area contributed by atoms with Gasteiger partial charge in [-0.05, 0) is 47.9 Å². The molecule has 2 aliphatic rings. The van der Waals surface area contributed by atoms with Gasteiger partial charge in [0.25, 0.3) is 5.91 Å². The zero-order valence-electron chi connectivity index (χ0n) is 14.2. The van der Waals surface area contributed by atoms with Gasteiger partial charge in [-0.3, -0.25) is 9.63 Å². The summed E-state index contributed by atoms with van der Waals surface area (Å²) in [6.07, 6.45) is -0.287. The number of hydrogen-bond acceptors (Lipinski definition) is 3. The average Bonchev–Trinajstić information content (AvgIpc) is 2.57. The third-order valence-corrected chi connectivity index (χ3v) is 4.99. The number of hydroxylamine groups is 2. The van der Waals surface area contributed by atoms with Crippen molar-refractivity contribution in [3.8, 4) is 0 Å². The maximum absolute atomic E-state index is 13.5. The minimum Gasteiger partial charge on any atom is -0.381 e. The number of rotatable bonds is 3. The molecule has 0 radical (unpaired) electrons. The van der Waals surface area contributed by atoms with Crippen LogP contribution in [-0.2, 0) is 15.8 Å². The van der Waals surface area contributed by atoms with Crippen LogP contribution in [0, 0.1) is 5.41 Å². The smallest absolute Gasteiger partial charge is 0.381 e. The van der Waals surface area contributed by atoms with E-state index in [4.69, 9.17) is 9.57 Å². The molecule has 1 aromatic carbocycles. The zero-order chi connectivity index (χ0) is 18.2. The Morgan fingerprint density at radius 3 is 2.48 bits per heavy atom. The summed E-state index contributed by atoms with van der Waals surface area (Å²) in [4.78, 5) is 16.8. The molecule has 7 heteroatoms. The second-order valence-electron chi connectivity index (χ2n) is 6.56. The highest BCUT2D eigenvalue weighted by Gasteiger charge is 2.42. The highest BCUT2D eigenvalue weighted by molar-refractivity contribution is 5.94. The van der Waals surface area contributed by atoms with E-state index in [1.54, 1.807) is 0 Å².